The van der Waals surface area contributed by atoms with E-state index in [0.717, 1.165) is 23.4 Å². The van der Waals surface area contributed by atoms with E-state index in [4.69, 9.17) is 9.47 Å². The Labute approximate surface area is 122 Å². The van der Waals surface area contributed by atoms with Gasteiger partial charge in [-0.05, 0) is 17.7 Å². The van der Waals surface area contributed by atoms with E-state index in [0.29, 0.717) is 24.6 Å². The lowest BCUT2D eigenvalue weighted by molar-refractivity contribution is 0.135. The number of rotatable bonds is 3. The number of H-pyrrole nitrogens is 1. The highest BCUT2D eigenvalue weighted by atomic mass is 16.5. The SMILES string of the molecule is COCc1ncc(-c2ccc3c(c2)COCCN3)c(=O)[nH]1. The average molecular weight is 287 g/mol. The molecule has 0 radical (unpaired) electrons. The molecule has 0 aliphatic carbocycles. The summed E-state index contributed by atoms with van der Waals surface area (Å²) in [4.78, 5) is 19.1. The first-order valence-corrected chi connectivity index (χ1v) is 6.80. The topological polar surface area (TPSA) is 76.2 Å². The van der Waals surface area contributed by atoms with E-state index in [-0.39, 0.29) is 12.2 Å². The summed E-state index contributed by atoms with van der Waals surface area (Å²) in [5, 5.41) is 3.30. The Hall–Kier alpha value is -2.18. The predicted molar refractivity (Wildman–Crippen MR) is 79.2 cm³/mol. The van der Waals surface area contributed by atoms with Gasteiger partial charge < -0.3 is 19.8 Å². The van der Waals surface area contributed by atoms with Crippen LogP contribution in [0, 0.1) is 0 Å². The van der Waals surface area contributed by atoms with Gasteiger partial charge in [-0.3, -0.25) is 4.79 Å². The highest BCUT2D eigenvalue weighted by molar-refractivity contribution is 5.67. The molecule has 1 aromatic heterocycles. The molecule has 1 aromatic carbocycles. The van der Waals surface area contributed by atoms with Gasteiger partial charge in [0.15, 0.2) is 0 Å². The molecule has 0 saturated carbocycles. The van der Waals surface area contributed by atoms with Crippen molar-refractivity contribution in [3.63, 3.8) is 0 Å². The molecule has 110 valence electrons. The van der Waals surface area contributed by atoms with Crippen LogP contribution < -0.4 is 10.9 Å². The highest BCUT2D eigenvalue weighted by Gasteiger charge is 2.11. The summed E-state index contributed by atoms with van der Waals surface area (Å²) in [7, 11) is 1.56. The molecule has 2 aromatic rings. The van der Waals surface area contributed by atoms with Gasteiger partial charge in [-0.15, -0.1) is 0 Å². The first kappa shape index (κ1) is 13.8. The van der Waals surface area contributed by atoms with Crippen LogP contribution >= 0.6 is 0 Å². The zero-order valence-corrected chi connectivity index (χ0v) is 11.8. The van der Waals surface area contributed by atoms with Gasteiger partial charge in [0.05, 0.1) is 18.8 Å². The summed E-state index contributed by atoms with van der Waals surface area (Å²) in [6, 6.07) is 5.86. The molecule has 2 N–H and O–H groups in total. The maximum absolute atomic E-state index is 12.2. The summed E-state index contributed by atoms with van der Waals surface area (Å²) in [5.41, 5.74) is 3.31. The van der Waals surface area contributed by atoms with Crippen LogP contribution in [0.1, 0.15) is 11.4 Å². The number of nitrogens with zero attached hydrogens (tertiary/aromatic N) is 1. The van der Waals surface area contributed by atoms with E-state index in [1.807, 2.05) is 18.2 Å². The lowest BCUT2D eigenvalue weighted by Gasteiger charge is -2.09. The number of aromatic nitrogens is 2. The second kappa shape index (κ2) is 6.07. The lowest BCUT2D eigenvalue weighted by Crippen LogP contribution is -2.14. The third-order valence-corrected chi connectivity index (χ3v) is 3.37. The van der Waals surface area contributed by atoms with E-state index >= 15 is 0 Å². The summed E-state index contributed by atoms with van der Waals surface area (Å²) in [5.74, 6) is 0.519. The van der Waals surface area contributed by atoms with Gasteiger partial charge in [-0.1, -0.05) is 6.07 Å². The Morgan fingerprint density at radius 3 is 3.14 bits per heavy atom. The van der Waals surface area contributed by atoms with Gasteiger partial charge in [-0.25, -0.2) is 4.98 Å². The Bertz CT molecular complexity index is 697. The fraction of sp³-hybridized carbons (Fsp3) is 0.333. The summed E-state index contributed by atoms with van der Waals surface area (Å²) < 4.78 is 10.5. The monoisotopic (exact) mass is 287 g/mol. The molecule has 21 heavy (non-hydrogen) atoms. The van der Waals surface area contributed by atoms with E-state index in [1.165, 1.54) is 0 Å². The quantitative estimate of drug-likeness (QED) is 0.895. The molecule has 0 unspecified atom stereocenters. The van der Waals surface area contributed by atoms with Crippen molar-refractivity contribution in [2.75, 3.05) is 25.6 Å². The van der Waals surface area contributed by atoms with Crippen LogP contribution in [-0.4, -0.2) is 30.2 Å². The summed E-state index contributed by atoms with van der Waals surface area (Å²) in [6.07, 6.45) is 1.58. The maximum atomic E-state index is 12.2. The van der Waals surface area contributed by atoms with Crippen molar-refractivity contribution < 1.29 is 9.47 Å². The van der Waals surface area contributed by atoms with Gasteiger partial charge in [0.2, 0.25) is 0 Å². The highest BCUT2D eigenvalue weighted by Crippen LogP contribution is 2.25. The molecule has 0 spiro atoms. The molecule has 1 aliphatic heterocycles. The van der Waals surface area contributed by atoms with Gasteiger partial charge in [0, 0.05) is 31.1 Å². The Morgan fingerprint density at radius 2 is 2.33 bits per heavy atom. The van der Waals surface area contributed by atoms with Crippen molar-refractivity contribution in [3.05, 3.63) is 46.1 Å². The lowest BCUT2D eigenvalue weighted by atomic mass is 10.0. The van der Waals surface area contributed by atoms with Crippen LogP contribution in [0.4, 0.5) is 5.69 Å². The van der Waals surface area contributed by atoms with Gasteiger partial charge >= 0.3 is 0 Å². The zero-order chi connectivity index (χ0) is 14.7. The van der Waals surface area contributed by atoms with Crippen molar-refractivity contribution in [1.82, 2.24) is 9.97 Å². The normalized spacial score (nSPS) is 14.1. The second-order valence-electron chi connectivity index (χ2n) is 4.86. The van der Waals surface area contributed by atoms with Crippen molar-refractivity contribution in [2.24, 2.45) is 0 Å². The van der Waals surface area contributed by atoms with Gasteiger partial charge in [-0.2, -0.15) is 0 Å². The predicted octanol–water partition coefficient (Wildman–Crippen LogP) is 1.53. The van der Waals surface area contributed by atoms with E-state index in [1.54, 1.807) is 13.3 Å². The number of anilines is 1. The molecular weight excluding hydrogens is 270 g/mol. The molecule has 6 nitrogen and oxygen atoms in total. The Kier molecular flexibility index (Phi) is 3.98. The number of methoxy groups -OCH3 is 1. The molecular formula is C15H17N3O3. The van der Waals surface area contributed by atoms with Gasteiger partial charge in [0.1, 0.15) is 12.4 Å². The largest absolute Gasteiger partial charge is 0.382 e. The molecule has 6 heteroatoms. The van der Waals surface area contributed by atoms with Crippen LogP contribution in [-0.2, 0) is 22.7 Å². The van der Waals surface area contributed by atoms with E-state index < -0.39 is 0 Å². The number of hydrogen-bond donors (Lipinski definition) is 2. The number of aromatic amines is 1. The van der Waals surface area contributed by atoms with E-state index in [2.05, 4.69) is 15.3 Å². The number of hydrogen-bond acceptors (Lipinski definition) is 5. The summed E-state index contributed by atoms with van der Waals surface area (Å²) in [6.45, 7) is 2.30. The molecule has 0 amide bonds. The molecule has 0 atom stereocenters. The van der Waals surface area contributed by atoms with Crippen molar-refractivity contribution >= 4 is 5.69 Å². The van der Waals surface area contributed by atoms with Crippen LogP contribution in [0.15, 0.2) is 29.2 Å². The van der Waals surface area contributed by atoms with Gasteiger partial charge in [0.25, 0.3) is 5.56 Å². The maximum Gasteiger partial charge on any atom is 0.258 e. The minimum Gasteiger partial charge on any atom is -0.382 e. The number of nitrogens with one attached hydrogen (secondary N) is 2. The average Bonchev–Trinajstić information content (AvgIpc) is 2.72. The summed E-state index contributed by atoms with van der Waals surface area (Å²) >= 11 is 0. The molecule has 3 rings (SSSR count). The minimum atomic E-state index is -0.167. The van der Waals surface area contributed by atoms with Crippen molar-refractivity contribution in [1.29, 1.82) is 0 Å². The number of benzene rings is 1. The van der Waals surface area contributed by atoms with Crippen molar-refractivity contribution in [2.45, 2.75) is 13.2 Å². The molecule has 1 aliphatic rings. The minimum absolute atomic E-state index is 0.167. The molecule has 2 heterocycles. The van der Waals surface area contributed by atoms with Crippen LogP contribution in [0.3, 0.4) is 0 Å². The van der Waals surface area contributed by atoms with Crippen LogP contribution in [0.2, 0.25) is 0 Å². The van der Waals surface area contributed by atoms with Crippen LogP contribution in [0.25, 0.3) is 11.1 Å². The second-order valence-corrected chi connectivity index (χ2v) is 4.86. The third kappa shape index (κ3) is 2.96. The fourth-order valence-electron chi connectivity index (χ4n) is 2.34. The fourth-order valence-corrected chi connectivity index (χ4v) is 2.34. The number of ether oxygens (including phenoxy) is 2. The Morgan fingerprint density at radius 1 is 1.43 bits per heavy atom. The first-order chi connectivity index (χ1) is 10.3. The zero-order valence-electron chi connectivity index (χ0n) is 11.8. The van der Waals surface area contributed by atoms with Crippen molar-refractivity contribution in [3.8, 4) is 11.1 Å². The molecule has 0 saturated heterocycles. The molecule has 0 fully saturated rings. The third-order valence-electron chi connectivity index (χ3n) is 3.37. The first-order valence-electron chi connectivity index (χ1n) is 6.80. The van der Waals surface area contributed by atoms with E-state index in [9.17, 15) is 4.79 Å². The number of fused-ring (bicyclic) bond motifs is 1. The molecule has 0 bridgehead atoms. The Balaban J connectivity index is 1.97. The smallest absolute Gasteiger partial charge is 0.258 e. The standard InChI is InChI=1S/C15H17N3O3/c1-20-9-14-17-7-12(15(19)18-14)10-2-3-13-11(6-10)8-21-5-4-16-13/h2-3,6-7,16H,4-5,8-9H2,1H3,(H,17,18,19). The van der Waals surface area contributed by atoms with Crippen LogP contribution in [0.5, 0.6) is 0 Å².